The zero-order chi connectivity index (χ0) is 33.5. The number of benzene rings is 2. The Bertz CT molecular complexity index is 1670. The van der Waals surface area contributed by atoms with Crippen molar-refractivity contribution in [2.75, 3.05) is 19.3 Å². The van der Waals surface area contributed by atoms with Crippen LogP contribution in [0.3, 0.4) is 0 Å². The van der Waals surface area contributed by atoms with E-state index in [4.69, 9.17) is 38.4 Å². The van der Waals surface area contributed by atoms with Gasteiger partial charge in [-0.15, -0.1) is 0 Å². The first-order valence-electron chi connectivity index (χ1n) is 13.0. The summed E-state index contributed by atoms with van der Waals surface area (Å²) in [5.41, 5.74) is 5.97. The third kappa shape index (κ3) is 10.1. The van der Waals surface area contributed by atoms with Gasteiger partial charge in [0.25, 0.3) is 0 Å². The van der Waals surface area contributed by atoms with E-state index < -0.39 is 23.5 Å². The number of aromatic nitrogens is 2. The second kappa shape index (κ2) is 14.7. The quantitative estimate of drug-likeness (QED) is 0.119. The van der Waals surface area contributed by atoms with Gasteiger partial charge in [0.05, 0.1) is 51.3 Å². The van der Waals surface area contributed by atoms with Gasteiger partial charge >= 0.3 is 12.4 Å². The maximum absolute atomic E-state index is 12.9. The summed E-state index contributed by atoms with van der Waals surface area (Å²) in [6.07, 6.45) is -4.57. The molecule has 0 radical (unpaired) electrons. The van der Waals surface area contributed by atoms with Gasteiger partial charge in [0, 0.05) is 24.7 Å². The summed E-state index contributed by atoms with van der Waals surface area (Å²) in [5.74, 6) is 0.407. The molecule has 240 valence electrons. The molecule has 2 heterocycles. The molecule has 0 spiro atoms. The van der Waals surface area contributed by atoms with Crippen molar-refractivity contribution in [2.24, 2.45) is 4.99 Å². The Hall–Kier alpha value is -4.23. The molecular formula is C30H27Cl2F6N5O2. The Balaban J connectivity index is 0.000000251. The lowest BCUT2D eigenvalue weighted by Crippen LogP contribution is -2.14. The first-order valence-corrected chi connectivity index (χ1v) is 13.8. The van der Waals surface area contributed by atoms with Crippen molar-refractivity contribution >= 4 is 40.9 Å². The molecule has 0 saturated carbocycles. The highest BCUT2D eigenvalue weighted by molar-refractivity contribution is 6.31. The van der Waals surface area contributed by atoms with Crippen LogP contribution < -0.4 is 15.2 Å². The number of aliphatic imine (C=N–C) groups is 1. The lowest BCUT2D eigenvalue weighted by molar-refractivity contribution is -0.138. The highest BCUT2D eigenvalue weighted by atomic mass is 35.5. The number of aryl methyl sites for hydroxylation is 2. The van der Waals surface area contributed by atoms with Crippen molar-refractivity contribution in [3.05, 3.63) is 93.2 Å². The number of hydrogen-bond acceptors (Lipinski definition) is 6. The van der Waals surface area contributed by atoms with E-state index in [1.807, 2.05) is 18.9 Å². The number of rotatable bonds is 7. The van der Waals surface area contributed by atoms with Gasteiger partial charge < -0.3 is 20.1 Å². The third-order valence-corrected chi connectivity index (χ3v) is 6.54. The standard InChI is InChI=1S/C17H17ClF3N3O.C13H10ClF3N2O/c1-4-24(3)10-23-12-7-11(2)16(22-9-12)25-13-5-6-15(18)14(8-13)17(19,20)21;1-7-4-8(18)6-19-12(7)20-9-2-3-11(14)10(5-9)13(15,16)17/h5-10H,4H2,1-3H3;2-6H,18H2,1H3. The first kappa shape index (κ1) is 35.3. The molecule has 2 N–H and O–H groups in total. The Morgan fingerprint density at radius 3 is 1.69 bits per heavy atom. The molecule has 0 aliphatic heterocycles. The summed E-state index contributed by atoms with van der Waals surface area (Å²) >= 11 is 11.1. The van der Waals surface area contributed by atoms with Crippen LogP contribution in [0.1, 0.15) is 29.2 Å². The van der Waals surface area contributed by atoms with E-state index in [0.29, 0.717) is 22.5 Å². The Morgan fingerprint density at radius 1 is 0.800 bits per heavy atom. The Labute approximate surface area is 265 Å². The Kier molecular flexibility index (Phi) is 11.5. The normalized spacial score (nSPS) is 11.6. The molecule has 15 heteroatoms. The van der Waals surface area contributed by atoms with Crippen molar-refractivity contribution in [1.82, 2.24) is 14.9 Å². The molecule has 0 saturated heterocycles. The second-order valence-electron chi connectivity index (χ2n) is 9.51. The maximum Gasteiger partial charge on any atom is 0.417 e. The number of pyridine rings is 2. The van der Waals surface area contributed by atoms with E-state index in [1.165, 1.54) is 24.5 Å². The molecular weight excluding hydrogens is 647 g/mol. The number of nitrogens with two attached hydrogens (primary N) is 1. The number of hydrogen-bond donors (Lipinski definition) is 1. The van der Waals surface area contributed by atoms with Crippen LogP contribution in [0.5, 0.6) is 23.3 Å². The maximum atomic E-state index is 12.9. The predicted molar refractivity (Wildman–Crippen MR) is 162 cm³/mol. The number of anilines is 1. The highest BCUT2D eigenvalue weighted by Crippen LogP contribution is 2.39. The molecule has 2 aromatic heterocycles. The van der Waals surface area contributed by atoms with Crippen LogP contribution in [0.25, 0.3) is 0 Å². The van der Waals surface area contributed by atoms with Gasteiger partial charge in [-0.2, -0.15) is 26.3 Å². The molecule has 4 rings (SSSR count). The number of ether oxygens (including phenoxy) is 2. The smallest absolute Gasteiger partial charge is 0.417 e. The van der Waals surface area contributed by atoms with E-state index in [9.17, 15) is 26.3 Å². The molecule has 4 aromatic rings. The van der Waals surface area contributed by atoms with Gasteiger partial charge in [-0.25, -0.2) is 15.0 Å². The summed E-state index contributed by atoms with van der Waals surface area (Å²) in [5, 5.41) is -0.763. The average molecular weight is 674 g/mol. The van der Waals surface area contributed by atoms with Crippen LogP contribution in [0.15, 0.2) is 65.9 Å². The van der Waals surface area contributed by atoms with E-state index in [0.717, 1.165) is 30.8 Å². The van der Waals surface area contributed by atoms with Gasteiger partial charge in [-0.3, -0.25) is 0 Å². The molecule has 2 aromatic carbocycles. The van der Waals surface area contributed by atoms with Crippen LogP contribution in [0.2, 0.25) is 10.0 Å². The molecule has 0 atom stereocenters. The summed E-state index contributed by atoms with van der Waals surface area (Å²) in [7, 11) is 1.89. The number of nitrogens with zero attached hydrogens (tertiary/aromatic N) is 4. The molecule has 7 nitrogen and oxygen atoms in total. The van der Waals surface area contributed by atoms with E-state index in [2.05, 4.69) is 15.0 Å². The monoisotopic (exact) mass is 673 g/mol. The number of alkyl halides is 6. The zero-order valence-corrected chi connectivity index (χ0v) is 25.8. The van der Waals surface area contributed by atoms with Crippen molar-refractivity contribution < 1.29 is 35.8 Å². The lowest BCUT2D eigenvalue weighted by atomic mass is 10.2. The van der Waals surface area contributed by atoms with Crippen LogP contribution in [0.4, 0.5) is 37.7 Å². The lowest BCUT2D eigenvalue weighted by Gasteiger charge is -2.12. The topological polar surface area (TPSA) is 85.9 Å². The fourth-order valence-corrected chi connectivity index (χ4v) is 3.91. The third-order valence-electron chi connectivity index (χ3n) is 5.89. The fraction of sp³-hybridized carbons (Fsp3) is 0.233. The summed E-state index contributed by atoms with van der Waals surface area (Å²) in [4.78, 5) is 14.2. The SMILES string of the molecule is CCN(C)C=Nc1cnc(Oc2ccc(Cl)c(C(F)(F)F)c2)c(C)c1.Cc1cc(N)cnc1Oc1ccc(Cl)c(C(F)(F)F)c1. The molecule has 0 unspecified atom stereocenters. The van der Waals surface area contributed by atoms with Crippen LogP contribution >= 0.6 is 23.2 Å². The number of halogens is 8. The Morgan fingerprint density at radius 2 is 1.27 bits per heavy atom. The molecule has 0 aliphatic carbocycles. The summed E-state index contributed by atoms with van der Waals surface area (Å²) < 4.78 is 87.7. The van der Waals surface area contributed by atoms with Gasteiger partial charge in [-0.05, 0) is 69.3 Å². The summed E-state index contributed by atoms with van der Waals surface area (Å²) in [6, 6.07) is 10.0. The minimum absolute atomic E-state index is 0.00194. The van der Waals surface area contributed by atoms with Gasteiger partial charge in [-0.1, -0.05) is 23.2 Å². The van der Waals surface area contributed by atoms with Gasteiger partial charge in [0.15, 0.2) is 0 Å². The molecule has 0 amide bonds. The molecule has 0 fully saturated rings. The molecule has 45 heavy (non-hydrogen) atoms. The second-order valence-corrected chi connectivity index (χ2v) is 10.3. The van der Waals surface area contributed by atoms with Crippen molar-refractivity contribution in [1.29, 1.82) is 0 Å². The van der Waals surface area contributed by atoms with Crippen LogP contribution in [0, 0.1) is 13.8 Å². The number of nitrogen functional groups attached to an aromatic ring is 1. The van der Waals surface area contributed by atoms with Crippen molar-refractivity contribution in [3.8, 4) is 23.3 Å². The minimum atomic E-state index is -4.55. The van der Waals surface area contributed by atoms with Gasteiger partial charge in [0.1, 0.15) is 11.5 Å². The highest BCUT2D eigenvalue weighted by Gasteiger charge is 2.34. The van der Waals surface area contributed by atoms with E-state index in [1.54, 1.807) is 32.3 Å². The van der Waals surface area contributed by atoms with Crippen molar-refractivity contribution in [2.45, 2.75) is 33.1 Å². The zero-order valence-electron chi connectivity index (χ0n) is 24.3. The van der Waals surface area contributed by atoms with Crippen LogP contribution in [-0.4, -0.2) is 34.8 Å². The minimum Gasteiger partial charge on any atom is -0.439 e. The van der Waals surface area contributed by atoms with E-state index >= 15 is 0 Å². The average Bonchev–Trinajstić information content (AvgIpc) is 2.95. The molecule has 0 aliphatic rings. The van der Waals surface area contributed by atoms with Crippen molar-refractivity contribution in [3.63, 3.8) is 0 Å². The first-order chi connectivity index (χ1) is 21.0. The predicted octanol–water partition coefficient (Wildman–Crippen LogP) is 9.90. The fourth-order valence-electron chi connectivity index (χ4n) is 3.46. The van der Waals surface area contributed by atoms with Gasteiger partial charge in [0.2, 0.25) is 11.8 Å². The van der Waals surface area contributed by atoms with Crippen LogP contribution in [-0.2, 0) is 12.4 Å². The summed E-state index contributed by atoms with van der Waals surface area (Å²) in [6.45, 7) is 6.24. The van der Waals surface area contributed by atoms with E-state index in [-0.39, 0.29) is 33.3 Å². The largest absolute Gasteiger partial charge is 0.439 e. The molecule has 0 bridgehead atoms.